The molecule has 1 amide bonds. The molecule has 0 aromatic rings. The van der Waals surface area contributed by atoms with Crippen LogP contribution in [0.2, 0.25) is 0 Å². The lowest BCUT2D eigenvalue weighted by Crippen LogP contribution is -2.47. The molecule has 0 aliphatic carbocycles. The van der Waals surface area contributed by atoms with Crippen LogP contribution in [0.3, 0.4) is 0 Å². The number of likely N-dealkylation sites (tertiary alicyclic amines) is 1. The third-order valence-electron chi connectivity index (χ3n) is 3.89. The predicted molar refractivity (Wildman–Crippen MR) is 82.6 cm³/mol. The largest absolute Gasteiger partial charge is 0.337 e. The maximum Gasteiger partial charge on any atom is 0.237 e. The normalized spacial score (nSPS) is 23.8. The molecule has 0 aromatic heterocycles. The second kappa shape index (κ2) is 7.46. The minimum absolute atomic E-state index is 0. The van der Waals surface area contributed by atoms with Crippen molar-refractivity contribution in [2.45, 2.75) is 53.1 Å². The van der Waals surface area contributed by atoms with Gasteiger partial charge in [-0.05, 0) is 52.6 Å². The number of amides is 1. The Bertz CT molecular complexity index is 288. The van der Waals surface area contributed by atoms with E-state index in [2.05, 4.69) is 39.5 Å². The molecule has 1 heterocycles. The average molecular weight is 292 g/mol. The molecule has 1 unspecified atom stereocenters. The van der Waals surface area contributed by atoms with Crippen LogP contribution in [0, 0.1) is 5.41 Å². The van der Waals surface area contributed by atoms with Crippen molar-refractivity contribution in [1.82, 2.24) is 9.80 Å². The lowest BCUT2D eigenvalue weighted by Gasteiger charge is -2.32. The van der Waals surface area contributed by atoms with Gasteiger partial charge in [-0.1, -0.05) is 6.92 Å². The van der Waals surface area contributed by atoms with Crippen LogP contribution in [0.5, 0.6) is 0 Å². The molecule has 114 valence electrons. The number of halogens is 1. The molecule has 1 rings (SSSR count). The smallest absolute Gasteiger partial charge is 0.237 e. The lowest BCUT2D eigenvalue weighted by molar-refractivity contribution is -0.135. The minimum Gasteiger partial charge on any atom is -0.337 e. The summed E-state index contributed by atoms with van der Waals surface area (Å²) in [5, 5.41) is 0. The standard InChI is InChI=1S/C14H29N3O.ClH/c1-11(2)17(12(3)4)13(18)8-16-7-6-14(5,9-15)10-16;/h11-12H,6-10,15H2,1-5H3;1H. The van der Waals surface area contributed by atoms with Gasteiger partial charge in [-0.25, -0.2) is 0 Å². The molecule has 0 radical (unpaired) electrons. The van der Waals surface area contributed by atoms with Crippen molar-refractivity contribution in [2.24, 2.45) is 11.1 Å². The number of carbonyl (C=O) groups is 1. The number of hydrogen-bond acceptors (Lipinski definition) is 3. The van der Waals surface area contributed by atoms with Crippen LogP contribution in [0.15, 0.2) is 0 Å². The van der Waals surface area contributed by atoms with E-state index in [-0.39, 0.29) is 35.8 Å². The number of carbonyl (C=O) groups excluding carboxylic acids is 1. The Hall–Kier alpha value is -0.320. The summed E-state index contributed by atoms with van der Waals surface area (Å²) in [6.45, 7) is 13.7. The van der Waals surface area contributed by atoms with Crippen LogP contribution in [0.25, 0.3) is 0 Å². The number of rotatable bonds is 5. The van der Waals surface area contributed by atoms with Gasteiger partial charge in [0, 0.05) is 18.6 Å². The van der Waals surface area contributed by atoms with Crippen molar-refractivity contribution < 1.29 is 4.79 Å². The number of nitrogens with zero attached hydrogens (tertiary/aromatic N) is 2. The van der Waals surface area contributed by atoms with Gasteiger partial charge < -0.3 is 10.6 Å². The van der Waals surface area contributed by atoms with E-state index in [0.29, 0.717) is 13.1 Å². The van der Waals surface area contributed by atoms with Gasteiger partial charge in [0.25, 0.3) is 0 Å². The zero-order valence-electron chi connectivity index (χ0n) is 13.0. The monoisotopic (exact) mass is 291 g/mol. The molecule has 0 bridgehead atoms. The summed E-state index contributed by atoms with van der Waals surface area (Å²) in [6, 6.07) is 0.530. The minimum atomic E-state index is 0. The zero-order chi connectivity index (χ0) is 13.9. The molecule has 0 spiro atoms. The lowest BCUT2D eigenvalue weighted by atomic mass is 9.90. The summed E-state index contributed by atoms with van der Waals surface area (Å²) < 4.78 is 0. The molecule has 19 heavy (non-hydrogen) atoms. The fourth-order valence-corrected chi connectivity index (χ4v) is 2.87. The topological polar surface area (TPSA) is 49.6 Å². The van der Waals surface area contributed by atoms with Gasteiger partial charge in [0.05, 0.1) is 6.54 Å². The van der Waals surface area contributed by atoms with Crippen molar-refractivity contribution in [1.29, 1.82) is 0 Å². The Balaban J connectivity index is 0.00000324. The summed E-state index contributed by atoms with van der Waals surface area (Å²) in [4.78, 5) is 16.5. The summed E-state index contributed by atoms with van der Waals surface area (Å²) in [6.07, 6.45) is 1.10. The molecule has 1 saturated heterocycles. The fraction of sp³-hybridized carbons (Fsp3) is 0.929. The summed E-state index contributed by atoms with van der Waals surface area (Å²) in [5.74, 6) is 0.237. The molecule has 0 saturated carbocycles. The Morgan fingerprint density at radius 3 is 2.21 bits per heavy atom. The van der Waals surface area contributed by atoms with Crippen molar-refractivity contribution >= 4 is 18.3 Å². The molecule has 1 atom stereocenters. The molecular formula is C14H30ClN3O. The van der Waals surface area contributed by atoms with E-state index in [1.807, 2.05) is 4.90 Å². The first-order valence-corrected chi connectivity index (χ1v) is 7.02. The average Bonchev–Trinajstić information content (AvgIpc) is 2.59. The van der Waals surface area contributed by atoms with Gasteiger partial charge in [0.2, 0.25) is 5.91 Å². The van der Waals surface area contributed by atoms with Gasteiger partial charge in [-0.15, -0.1) is 12.4 Å². The van der Waals surface area contributed by atoms with E-state index in [1.54, 1.807) is 0 Å². The molecule has 0 aromatic carbocycles. The number of nitrogens with two attached hydrogens (primary N) is 1. The van der Waals surface area contributed by atoms with E-state index in [1.165, 1.54) is 0 Å². The van der Waals surface area contributed by atoms with Crippen LogP contribution in [-0.4, -0.2) is 54.0 Å². The highest BCUT2D eigenvalue weighted by atomic mass is 35.5. The maximum absolute atomic E-state index is 12.3. The first-order chi connectivity index (χ1) is 8.29. The Kier molecular flexibility index (Phi) is 7.33. The molecule has 1 aliphatic rings. The van der Waals surface area contributed by atoms with Crippen molar-refractivity contribution in [3.05, 3.63) is 0 Å². The highest BCUT2D eigenvalue weighted by Gasteiger charge is 2.34. The fourth-order valence-electron chi connectivity index (χ4n) is 2.87. The van der Waals surface area contributed by atoms with E-state index >= 15 is 0 Å². The first-order valence-electron chi connectivity index (χ1n) is 7.02. The molecule has 2 N–H and O–H groups in total. The summed E-state index contributed by atoms with van der Waals surface area (Å²) in [7, 11) is 0. The Morgan fingerprint density at radius 1 is 1.32 bits per heavy atom. The van der Waals surface area contributed by atoms with Gasteiger partial charge in [0.1, 0.15) is 0 Å². The van der Waals surface area contributed by atoms with Gasteiger partial charge in [0.15, 0.2) is 0 Å². The molecular weight excluding hydrogens is 262 g/mol. The van der Waals surface area contributed by atoms with Crippen LogP contribution in [0.1, 0.15) is 41.0 Å². The predicted octanol–water partition coefficient (Wildman–Crippen LogP) is 1.72. The van der Waals surface area contributed by atoms with E-state index in [0.717, 1.165) is 19.5 Å². The highest BCUT2D eigenvalue weighted by Crippen LogP contribution is 2.28. The molecule has 1 fully saturated rings. The second-order valence-electron chi connectivity index (χ2n) is 6.46. The van der Waals surface area contributed by atoms with E-state index in [9.17, 15) is 4.79 Å². The third-order valence-corrected chi connectivity index (χ3v) is 3.89. The molecule has 1 aliphatic heterocycles. The third kappa shape index (κ3) is 4.93. The first kappa shape index (κ1) is 18.7. The maximum atomic E-state index is 12.3. The zero-order valence-corrected chi connectivity index (χ0v) is 13.8. The van der Waals surface area contributed by atoms with E-state index < -0.39 is 0 Å². The van der Waals surface area contributed by atoms with Crippen LogP contribution >= 0.6 is 12.4 Å². The van der Waals surface area contributed by atoms with Gasteiger partial charge in [-0.3, -0.25) is 9.69 Å². The van der Waals surface area contributed by atoms with Crippen LogP contribution < -0.4 is 5.73 Å². The van der Waals surface area contributed by atoms with Crippen LogP contribution in [0.4, 0.5) is 0 Å². The van der Waals surface area contributed by atoms with E-state index in [4.69, 9.17) is 5.73 Å². The Labute approximate surface area is 124 Å². The highest BCUT2D eigenvalue weighted by molar-refractivity contribution is 5.85. The van der Waals surface area contributed by atoms with Gasteiger partial charge >= 0.3 is 0 Å². The SMILES string of the molecule is CC(C)N(C(=O)CN1CCC(C)(CN)C1)C(C)C.Cl. The number of hydrogen-bond donors (Lipinski definition) is 1. The quantitative estimate of drug-likeness (QED) is 0.839. The second-order valence-corrected chi connectivity index (χ2v) is 6.46. The van der Waals surface area contributed by atoms with Gasteiger partial charge in [-0.2, -0.15) is 0 Å². The summed E-state index contributed by atoms with van der Waals surface area (Å²) in [5.41, 5.74) is 5.99. The van der Waals surface area contributed by atoms with Crippen molar-refractivity contribution in [3.63, 3.8) is 0 Å². The summed E-state index contributed by atoms with van der Waals surface area (Å²) >= 11 is 0. The molecule has 5 heteroatoms. The van der Waals surface area contributed by atoms with Crippen LogP contribution in [-0.2, 0) is 4.79 Å². The molecule has 4 nitrogen and oxygen atoms in total. The van der Waals surface area contributed by atoms with Crippen molar-refractivity contribution in [2.75, 3.05) is 26.2 Å². The Morgan fingerprint density at radius 2 is 1.84 bits per heavy atom. The van der Waals surface area contributed by atoms with Crippen molar-refractivity contribution in [3.8, 4) is 0 Å².